The molecule has 6 heteroatoms. The Morgan fingerprint density at radius 3 is 2.42 bits per heavy atom. The van der Waals surface area contributed by atoms with E-state index in [0.717, 1.165) is 12.8 Å². The lowest BCUT2D eigenvalue weighted by molar-refractivity contribution is -0.678. The predicted octanol–water partition coefficient (Wildman–Crippen LogP) is -1.02. The smallest absolute Gasteiger partial charge is 0.311 e. The fraction of sp³-hybridized carbons (Fsp3) is 0.769. The van der Waals surface area contributed by atoms with Gasteiger partial charge in [0.25, 0.3) is 5.84 Å². The lowest BCUT2D eigenvalue weighted by Gasteiger charge is -2.26. The van der Waals surface area contributed by atoms with Crippen molar-refractivity contribution < 1.29 is 14.5 Å². The van der Waals surface area contributed by atoms with Crippen LogP contribution in [-0.2, 0) is 9.47 Å². The van der Waals surface area contributed by atoms with Crippen molar-refractivity contribution in [2.24, 2.45) is 22.0 Å². The van der Waals surface area contributed by atoms with E-state index in [9.17, 15) is 10.5 Å². The highest BCUT2D eigenvalue weighted by Gasteiger charge is 3.02. The van der Waals surface area contributed by atoms with Crippen LogP contribution in [0.2, 0.25) is 0 Å². The van der Waals surface area contributed by atoms with E-state index >= 15 is 0 Å². The molecule has 0 aromatic carbocycles. The molecule has 2 fully saturated rings. The second-order valence-electron chi connectivity index (χ2n) is 5.66. The molecule has 1 spiro atoms. The minimum atomic E-state index is -1.26. The first-order chi connectivity index (χ1) is 9.02. The van der Waals surface area contributed by atoms with E-state index in [0.29, 0.717) is 19.0 Å². The zero-order valence-electron chi connectivity index (χ0n) is 11.1. The number of ether oxygens (including phenoxy) is 2. The molecule has 6 nitrogen and oxygen atoms in total. The van der Waals surface area contributed by atoms with Crippen LogP contribution >= 0.6 is 0 Å². The van der Waals surface area contributed by atoms with Crippen LogP contribution in [-0.4, -0.2) is 25.0 Å². The van der Waals surface area contributed by atoms with Crippen LogP contribution in [0.25, 0.3) is 0 Å². The molecule has 0 radical (unpaired) electrons. The summed E-state index contributed by atoms with van der Waals surface area (Å²) in [6, 6.07) is 4.58. The molecule has 0 amide bonds. The molecule has 1 aliphatic carbocycles. The fourth-order valence-corrected chi connectivity index (χ4v) is 4.38. The average molecular weight is 261 g/mol. The van der Waals surface area contributed by atoms with Crippen molar-refractivity contribution in [1.29, 1.82) is 10.5 Å². The highest BCUT2D eigenvalue weighted by Crippen LogP contribution is 2.83. The first-order valence-electron chi connectivity index (χ1n) is 6.53. The normalized spacial score (nSPS) is 45.4. The second-order valence-corrected chi connectivity index (χ2v) is 5.66. The Morgan fingerprint density at radius 2 is 1.95 bits per heavy atom. The maximum absolute atomic E-state index is 9.80. The number of nitrogens with one attached hydrogen (secondary N) is 1. The molecule has 19 heavy (non-hydrogen) atoms. The number of nitrogens with two attached hydrogens (primary N) is 1. The monoisotopic (exact) mass is 261 g/mol. The highest BCUT2D eigenvalue weighted by atomic mass is 16.8. The van der Waals surface area contributed by atoms with Crippen molar-refractivity contribution in [3.05, 3.63) is 0 Å². The van der Waals surface area contributed by atoms with Gasteiger partial charge in [0.15, 0.2) is 10.8 Å². The van der Waals surface area contributed by atoms with E-state index in [-0.39, 0.29) is 0 Å². The Bertz CT molecular complexity index is 554. The number of hydrogen-bond donors (Lipinski definition) is 2. The third-order valence-corrected chi connectivity index (χ3v) is 5.13. The predicted molar refractivity (Wildman–Crippen MR) is 63.9 cm³/mol. The summed E-state index contributed by atoms with van der Waals surface area (Å²) < 4.78 is 11.4. The van der Waals surface area contributed by atoms with Gasteiger partial charge in [-0.1, -0.05) is 20.3 Å². The van der Waals surface area contributed by atoms with Crippen molar-refractivity contribution in [1.82, 2.24) is 0 Å². The maximum atomic E-state index is 9.80. The van der Waals surface area contributed by atoms with E-state index < -0.39 is 22.2 Å². The molecule has 1 saturated carbocycles. The van der Waals surface area contributed by atoms with Crippen molar-refractivity contribution >= 4 is 5.84 Å². The second kappa shape index (κ2) is 3.27. The molecular weight excluding hydrogens is 244 g/mol. The Hall–Kier alpha value is -1.63. The number of fused-ring (bicyclic) bond motifs is 2. The summed E-state index contributed by atoms with van der Waals surface area (Å²) in [7, 11) is 0. The number of rotatable bonds is 2. The quantitative estimate of drug-likeness (QED) is 0.661. The molecule has 1 saturated heterocycles. The summed E-state index contributed by atoms with van der Waals surface area (Å²) >= 11 is 0. The summed E-state index contributed by atoms with van der Waals surface area (Å²) in [4.78, 5) is 2.93. The van der Waals surface area contributed by atoms with Gasteiger partial charge in [-0.3, -0.25) is 5.73 Å². The molecule has 100 valence electrons. The lowest BCUT2D eigenvalue weighted by atomic mass is 9.87. The third-order valence-electron chi connectivity index (χ3n) is 5.13. The molecule has 3 atom stereocenters. The van der Waals surface area contributed by atoms with Crippen LogP contribution < -0.4 is 10.7 Å². The van der Waals surface area contributed by atoms with Crippen LogP contribution in [0.15, 0.2) is 0 Å². The van der Waals surface area contributed by atoms with Crippen molar-refractivity contribution in [2.75, 3.05) is 13.2 Å². The Kier molecular flexibility index (Phi) is 2.14. The lowest BCUT2D eigenvalue weighted by Crippen LogP contribution is -2.90. The van der Waals surface area contributed by atoms with Crippen LogP contribution in [0.4, 0.5) is 0 Å². The topological polar surface area (TPSA) is 106 Å². The molecule has 0 aromatic heterocycles. The first-order valence-corrected chi connectivity index (χ1v) is 6.53. The summed E-state index contributed by atoms with van der Waals surface area (Å²) in [6.45, 7) is 4.76. The van der Waals surface area contributed by atoms with Crippen molar-refractivity contribution in [3.8, 4) is 12.1 Å². The molecule has 0 aromatic rings. The SMILES string of the molecule is CCC[C@]1(C)[C@]2(C#N)C(N)=[NH+]C3(OCCO3)[C@]12C#N. The van der Waals surface area contributed by atoms with Gasteiger partial charge >= 0.3 is 5.91 Å². The molecule has 3 rings (SSSR count). The van der Waals surface area contributed by atoms with Crippen LogP contribution in [0.1, 0.15) is 26.7 Å². The Morgan fingerprint density at radius 1 is 1.32 bits per heavy atom. The van der Waals surface area contributed by atoms with Crippen LogP contribution in [0.3, 0.4) is 0 Å². The van der Waals surface area contributed by atoms with Gasteiger partial charge in [-0.15, -0.1) is 0 Å². The summed E-state index contributed by atoms with van der Waals surface area (Å²) in [6.07, 6.45) is 1.59. The van der Waals surface area contributed by atoms with Gasteiger partial charge in [0.1, 0.15) is 0 Å². The molecule has 3 N–H and O–H groups in total. The summed E-state index contributed by atoms with van der Waals surface area (Å²) in [5.41, 5.74) is 3.41. The molecular formula is C13H17N4O2+. The number of nitriles is 2. The van der Waals surface area contributed by atoms with Gasteiger partial charge in [0, 0.05) is 5.41 Å². The van der Waals surface area contributed by atoms with Gasteiger partial charge in [-0.2, -0.15) is 10.5 Å². The van der Waals surface area contributed by atoms with E-state index in [1.165, 1.54) is 0 Å². The number of hydrogen-bond acceptors (Lipinski definition) is 5. The maximum Gasteiger partial charge on any atom is 0.343 e. The van der Waals surface area contributed by atoms with Crippen molar-refractivity contribution in [2.45, 2.75) is 32.6 Å². The zero-order valence-corrected chi connectivity index (χ0v) is 11.1. The van der Waals surface area contributed by atoms with Gasteiger partial charge in [0.2, 0.25) is 0 Å². The van der Waals surface area contributed by atoms with Gasteiger partial charge in [0.05, 0.1) is 25.4 Å². The molecule has 0 unspecified atom stereocenters. The molecule has 3 aliphatic rings. The van der Waals surface area contributed by atoms with Crippen molar-refractivity contribution in [3.63, 3.8) is 0 Å². The minimum Gasteiger partial charge on any atom is -0.311 e. The van der Waals surface area contributed by atoms with Gasteiger partial charge in [-0.05, 0) is 6.42 Å². The van der Waals surface area contributed by atoms with E-state index in [2.05, 4.69) is 17.1 Å². The van der Waals surface area contributed by atoms with E-state index in [1.807, 2.05) is 13.8 Å². The first kappa shape index (κ1) is 12.4. The highest BCUT2D eigenvalue weighted by molar-refractivity contribution is 5.94. The van der Waals surface area contributed by atoms with Crippen LogP contribution in [0, 0.1) is 38.9 Å². The number of amidine groups is 1. The van der Waals surface area contributed by atoms with E-state index in [1.54, 1.807) is 0 Å². The average Bonchev–Trinajstić information content (AvgIpc) is 2.72. The third kappa shape index (κ3) is 0.869. The van der Waals surface area contributed by atoms with Gasteiger partial charge in [-0.25, -0.2) is 4.99 Å². The van der Waals surface area contributed by atoms with E-state index in [4.69, 9.17) is 15.2 Å². The largest absolute Gasteiger partial charge is 0.343 e. The molecule has 2 aliphatic heterocycles. The summed E-state index contributed by atoms with van der Waals surface area (Å²) in [5.74, 6) is -0.958. The Labute approximate surface area is 111 Å². The fourth-order valence-electron chi connectivity index (χ4n) is 4.38. The number of nitrogens with zero attached hydrogens (tertiary/aromatic N) is 2. The zero-order chi connectivity index (χ0) is 13.9. The molecule has 0 bridgehead atoms. The Balaban J connectivity index is 2.23. The van der Waals surface area contributed by atoms with Crippen LogP contribution in [0.5, 0.6) is 0 Å². The summed E-state index contributed by atoms with van der Waals surface area (Å²) in [5, 5.41) is 19.5. The molecule has 2 heterocycles. The van der Waals surface area contributed by atoms with Gasteiger partial charge < -0.3 is 9.47 Å². The standard InChI is InChI=1S/C13H16N4O2/c1-3-4-10(2)11(7-14)9(16)17-13(12(10,11)8-15)18-5-6-19-13/h3-6H2,1-2H3,(H2,16,17)/p+1/t10-,11+,12-/m1/s1. The minimum absolute atomic E-state index is 0.300.